The van der Waals surface area contributed by atoms with Crippen LogP contribution in [0, 0.1) is 5.92 Å². The molecule has 1 aromatic heterocycles. The molecule has 1 aromatic rings. The van der Waals surface area contributed by atoms with E-state index in [1.165, 1.54) is 11.3 Å². The molecule has 17 heavy (non-hydrogen) atoms. The minimum atomic E-state index is -0.390. The van der Waals surface area contributed by atoms with Crippen molar-refractivity contribution in [2.75, 3.05) is 6.54 Å². The zero-order chi connectivity index (χ0) is 13.1. The van der Waals surface area contributed by atoms with E-state index >= 15 is 0 Å². The Labute approximate surface area is 107 Å². The third kappa shape index (κ3) is 4.44. The number of nitrogens with two attached hydrogens (primary N) is 1. The zero-order valence-corrected chi connectivity index (χ0v) is 11.7. The Bertz CT molecular complexity index is 385. The average molecular weight is 255 g/mol. The van der Waals surface area contributed by atoms with Gasteiger partial charge in [0.25, 0.3) is 5.91 Å². The Kier molecular flexibility index (Phi) is 4.65. The Morgan fingerprint density at radius 2 is 2.24 bits per heavy atom. The summed E-state index contributed by atoms with van der Waals surface area (Å²) in [5.74, 6) is 0.407. The Morgan fingerprint density at radius 1 is 1.59 bits per heavy atom. The molecule has 0 aliphatic carbocycles. The fourth-order valence-corrected chi connectivity index (χ4v) is 2.27. The van der Waals surface area contributed by atoms with Crippen molar-refractivity contribution in [2.24, 2.45) is 11.7 Å². The molecule has 0 spiro atoms. The number of thiazole rings is 1. The number of hydrogen-bond donors (Lipinski definition) is 2. The van der Waals surface area contributed by atoms with Crippen molar-refractivity contribution in [3.8, 4) is 0 Å². The second-order valence-electron chi connectivity index (χ2n) is 5.27. The lowest BCUT2D eigenvalue weighted by atomic mass is 10.1. The van der Waals surface area contributed by atoms with Gasteiger partial charge in [0.15, 0.2) is 0 Å². The van der Waals surface area contributed by atoms with Crippen LogP contribution in [0.5, 0.6) is 0 Å². The monoisotopic (exact) mass is 255 g/mol. The molecule has 0 bridgehead atoms. The van der Waals surface area contributed by atoms with Crippen molar-refractivity contribution in [1.29, 1.82) is 0 Å². The summed E-state index contributed by atoms with van der Waals surface area (Å²) in [6, 6.07) is 0. The van der Waals surface area contributed by atoms with Crippen LogP contribution in [0.1, 0.15) is 43.2 Å². The van der Waals surface area contributed by atoms with E-state index in [4.69, 9.17) is 5.73 Å². The van der Waals surface area contributed by atoms with E-state index in [9.17, 15) is 4.79 Å². The topological polar surface area (TPSA) is 68.0 Å². The van der Waals surface area contributed by atoms with Gasteiger partial charge in [0.1, 0.15) is 5.69 Å². The van der Waals surface area contributed by atoms with Crippen LogP contribution in [0.3, 0.4) is 0 Å². The van der Waals surface area contributed by atoms with Crippen LogP contribution < -0.4 is 11.1 Å². The highest BCUT2D eigenvalue weighted by Crippen LogP contribution is 2.14. The van der Waals surface area contributed by atoms with Crippen LogP contribution in [0.2, 0.25) is 0 Å². The molecular weight excluding hydrogens is 234 g/mol. The average Bonchev–Trinajstić information content (AvgIpc) is 2.64. The number of nitrogens with zero attached hydrogens (tertiary/aromatic N) is 1. The molecule has 0 fully saturated rings. The highest BCUT2D eigenvalue weighted by Gasteiger charge is 2.20. The molecule has 5 heteroatoms. The molecule has 96 valence electrons. The molecule has 0 atom stereocenters. The van der Waals surface area contributed by atoms with Gasteiger partial charge in [-0.05, 0) is 19.8 Å². The minimum Gasteiger partial charge on any atom is -0.345 e. The smallest absolute Gasteiger partial charge is 0.271 e. The fraction of sp³-hybridized carbons (Fsp3) is 0.667. The molecule has 3 N–H and O–H groups in total. The van der Waals surface area contributed by atoms with Crippen LogP contribution >= 0.6 is 11.3 Å². The summed E-state index contributed by atoms with van der Waals surface area (Å²) in [5, 5.41) is 5.68. The first-order chi connectivity index (χ1) is 7.84. The molecule has 4 nitrogen and oxygen atoms in total. The van der Waals surface area contributed by atoms with Gasteiger partial charge in [0, 0.05) is 23.9 Å². The normalized spacial score (nSPS) is 11.9. The number of hydrogen-bond acceptors (Lipinski definition) is 4. The molecule has 1 rings (SSSR count). The Morgan fingerprint density at radius 3 is 2.76 bits per heavy atom. The van der Waals surface area contributed by atoms with E-state index in [1.807, 2.05) is 13.8 Å². The first-order valence-electron chi connectivity index (χ1n) is 5.81. The summed E-state index contributed by atoms with van der Waals surface area (Å²) in [5.41, 5.74) is 5.67. The first-order valence-corrected chi connectivity index (χ1v) is 6.69. The third-order valence-electron chi connectivity index (χ3n) is 2.33. The molecule has 0 saturated heterocycles. The van der Waals surface area contributed by atoms with Gasteiger partial charge < -0.3 is 11.1 Å². The number of carbonyl (C=O) groups excluding carboxylic acids is 1. The van der Waals surface area contributed by atoms with Crippen molar-refractivity contribution >= 4 is 17.2 Å². The van der Waals surface area contributed by atoms with Crippen LogP contribution in [0.4, 0.5) is 0 Å². The van der Waals surface area contributed by atoms with Gasteiger partial charge in [0.2, 0.25) is 0 Å². The first kappa shape index (κ1) is 14.1. The summed E-state index contributed by atoms with van der Waals surface area (Å²) in [6.45, 7) is 8.47. The highest BCUT2D eigenvalue weighted by molar-refractivity contribution is 7.09. The maximum Gasteiger partial charge on any atom is 0.271 e. The van der Waals surface area contributed by atoms with E-state index in [2.05, 4.69) is 24.1 Å². The Hall–Kier alpha value is -0.940. The molecule has 1 amide bonds. The number of carbonyl (C=O) groups is 1. The van der Waals surface area contributed by atoms with Gasteiger partial charge in [-0.2, -0.15) is 0 Å². The van der Waals surface area contributed by atoms with E-state index in [-0.39, 0.29) is 11.4 Å². The van der Waals surface area contributed by atoms with Crippen LogP contribution in [0.15, 0.2) is 5.38 Å². The summed E-state index contributed by atoms with van der Waals surface area (Å²) < 4.78 is 0. The number of nitrogens with one attached hydrogen (secondary N) is 1. The summed E-state index contributed by atoms with van der Waals surface area (Å²) >= 11 is 1.54. The molecule has 0 aromatic carbocycles. The third-order valence-corrected chi connectivity index (χ3v) is 3.20. The van der Waals surface area contributed by atoms with Crippen LogP contribution in [-0.4, -0.2) is 23.0 Å². The predicted molar refractivity (Wildman–Crippen MR) is 71.3 cm³/mol. The standard InChI is InChI=1S/C12H21N3OS/c1-8(2)5-10-14-9(6-17-10)11(16)15-12(3,4)7-13/h6,8H,5,7,13H2,1-4H3,(H,15,16). The van der Waals surface area contributed by atoms with E-state index in [0.29, 0.717) is 18.2 Å². The summed E-state index contributed by atoms with van der Waals surface area (Å²) in [7, 11) is 0. The van der Waals surface area contributed by atoms with Crippen molar-refractivity contribution < 1.29 is 4.79 Å². The van der Waals surface area contributed by atoms with Gasteiger partial charge in [-0.3, -0.25) is 4.79 Å². The van der Waals surface area contributed by atoms with Crippen molar-refractivity contribution in [3.63, 3.8) is 0 Å². The lowest BCUT2D eigenvalue weighted by Crippen LogP contribution is -2.48. The minimum absolute atomic E-state index is 0.147. The highest BCUT2D eigenvalue weighted by atomic mass is 32.1. The van der Waals surface area contributed by atoms with Crippen LogP contribution in [-0.2, 0) is 6.42 Å². The summed E-state index contributed by atoms with van der Waals surface area (Å²) in [4.78, 5) is 16.2. The van der Waals surface area contributed by atoms with Gasteiger partial charge in [0.05, 0.1) is 5.01 Å². The van der Waals surface area contributed by atoms with Gasteiger partial charge in [-0.1, -0.05) is 13.8 Å². The van der Waals surface area contributed by atoms with E-state index in [1.54, 1.807) is 5.38 Å². The van der Waals surface area contributed by atoms with Crippen LogP contribution in [0.25, 0.3) is 0 Å². The van der Waals surface area contributed by atoms with Gasteiger partial charge in [-0.25, -0.2) is 4.98 Å². The molecule has 0 radical (unpaired) electrons. The lowest BCUT2D eigenvalue weighted by Gasteiger charge is -2.23. The van der Waals surface area contributed by atoms with E-state index < -0.39 is 0 Å². The van der Waals surface area contributed by atoms with E-state index in [0.717, 1.165) is 11.4 Å². The number of rotatable bonds is 5. The quantitative estimate of drug-likeness (QED) is 0.843. The van der Waals surface area contributed by atoms with Crippen molar-refractivity contribution in [1.82, 2.24) is 10.3 Å². The molecule has 0 aliphatic rings. The maximum absolute atomic E-state index is 11.9. The molecular formula is C12H21N3OS. The number of amides is 1. The molecule has 1 heterocycles. The molecule has 0 aliphatic heterocycles. The SMILES string of the molecule is CC(C)Cc1nc(C(=O)NC(C)(C)CN)cs1. The largest absolute Gasteiger partial charge is 0.345 e. The van der Waals surface area contributed by atoms with Crippen molar-refractivity contribution in [3.05, 3.63) is 16.1 Å². The lowest BCUT2D eigenvalue weighted by molar-refractivity contribution is 0.0911. The van der Waals surface area contributed by atoms with Gasteiger partial charge in [-0.15, -0.1) is 11.3 Å². The second kappa shape index (κ2) is 5.60. The maximum atomic E-state index is 11.9. The fourth-order valence-electron chi connectivity index (χ4n) is 1.28. The van der Waals surface area contributed by atoms with Crippen molar-refractivity contribution in [2.45, 2.75) is 39.7 Å². The summed E-state index contributed by atoms with van der Waals surface area (Å²) in [6.07, 6.45) is 0.915. The second-order valence-corrected chi connectivity index (χ2v) is 6.21. The zero-order valence-electron chi connectivity index (χ0n) is 10.9. The molecule has 0 saturated carbocycles. The molecule has 0 unspecified atom stereocenters. The number of aromatic nitrogens is 1. The predicted octanol–water partition coefficient (Wildman–Crippen LogP) is 1.81. The van der Waals surface area contributed by atoms with Gasteiger partial charge >= 0.3 is 0 Å². The Balaban J connectivity index is 2.67.